The minimum atomic E-state index is -4.69. The zero-order valence-electron chi connectivity index (χ0n) is 21.4. The summed E-state index contributed by atoms with van der Waals surface area (Å²) in [4.78, 5) is 11.4. The van der Waals surface area contributed by atoms with Crippen LogP contribution in [-0.2, 0) is 29.3 Å². The summed E-state index contributed by atoms with van der Waals surface area (Å²) in [5.41, 5.74) is 4.06. The lowest BCUT2D eigenvalue weighted by molar-refractivity contribution is -0.153. The Kier molecular flexibility index (Phi) is 7.72. The summed E-state index contributed by atoms with van der Waals surface area (Å²) in [5, 5.41) is 9.26. The Morgan fingerprint density at radius 2 is 1.51 bits per heavy atom. The predicted molar refractivity (Wildman–Crippen MR) is 140 cm³/mol. The molecule has 0 aliphatic rings. The number of nitrogens with zero attached hydrogens (tertiary/aromatic N) is 1. The third kappa shape index (κ3) is 6.23. The zero-order chi connectivity index (χ0) is 28.5. The van der Waals surface area contributed by atoms with Crippen LogP contribution in [0.15, 0.2) is 82.1 Å². The Hall–Kier alpha value is -3.89. The molecule has 4 rings (SSSR count). The summed E-state index contributed by atoms with van der Waals surface area (Å²) >= 11 is 0. The second-order valence-electron chi connectivity index (χ2n) is 9.35. The number of carbonyl (C=O) groups is 1. The molecule has 4 aromatic rings. The highest BCUT2D eigenvalue weighted by Gasteiger charge is 2.36. The van der Waals surface area contributed by atoms with E-state index in [9.17, 15) is 31.5 Å². The van der Waals surface area contributed by atoms with E-state index in [1.165, 1.54) is 12.1 Å². The number of sulfonamides is 1. The van der Waals surface area contributed by atoms with E-state index in [1.54, 1.807) is 62.4 Å². The highest BCUT2D eigenvalue weighted by Crippen LogP contribution is 2.33. The van der Waals surface area contributed by atoms with Crippen LogP contribution in [-0.4, -0.2) is 23.8 Å². The number of carboxylic acid groups (broad SMARTS) is 1. The first-order chi connectivity index (χ1) is 18.3. The summed E-state index contributed by atoms with van der Waals surface area (Å²) in [5.74, 6) is -2.40. The van der Waals surface area contributed by atoms with E-state index in [1.807, 2.05) is 6.92 Å². The Bertz CT molecular complexity index is 1600. The summed E-state index contributed by atoms with van der Waals surface area (Å²) in [6.45, 7) is 4.67. The molecule has 39 heavy (non-hydrogen) atoms. The Labute approximate surface area is 224 Å². The van der Waals surface area contributed by atoms with E-state index >= 15 is 0 Å². The van der Waals surface area contributed by atoms with Crippen molar-refractivity contribution in [3.05, 3.63) is 112 Å². The maximum absolute atomic E-state index is 13.9. The zero-order valence-corrected chi connectivity index (χ0v) is 22.2. The van der Waals surface area contributed by atoms with Gasteiger partial charge in [-0.25, -0.2) is 13.2 Å². The van der Waals surface area contributed by atoms with E-state index in [4.69, 9.17) is 4.42 Å². The second-order valence-corrected chi connectivity index (χ2v) is 11.2. The molecular weight excluding hydrogens is 531 g/mol. The average molecular weight is 558 g/mol. The fourth-order valence-electron chi connectivity index (χ4n) is 4.56. The van der Waals surface area contributed by atoms with Gasteiger partial charge in [-0.3, -0.25) is 0 Å². The molecule has 0 aliphatic heterocycles. The van der Waals surface area contributed by atoms with Gasteiger partial charge in [-0.2, -0.15) is 17.5 Å². The van der Waals surface area contributed by atoms with Crippen molar-refractivity contribution in [2.24, 2.45) is 0 Å². The molecule has 0 saturated carbocycles. The first-order valence-corrected chi connectivity index (χ1v) is 13.4. The van der Waals surface area contributed by atoms with Crippen LogP contribution < -0.4 is 0 Å². The first kappa shape index (κ1) is 28.1. The van der Waals surface area contributed by atoms with E-state index in [-0.39, 0.29) is 22.8 Å². The monoisotopic (exact) mass is 557 g/mol. The van der Waals surface area contributed by atoms with E-state index < -0.39 is 34.5 Å². The maximum Gasteiger partial charge on any atom is 0.449 e. The third-order valence-electron chi connectivity index (χ3n) is 6.23. The molecule has 0 fully saturated rings. The van der Waals surface area contributed by atoms with Gasteiger partial charge in [0.2, 0.25) is 15.8 Å². The van der Waals surface area contributed by atoms with Crippen LogP contribution in [0.3, 0.4) is 0 Å². The van der Waals surface area contributed by atoms with E-state index in [0.29, 0.717) is 22.3 Å². The smallest absolute Gasteiger partial charge is 0.449 e. The van der Waals surface area contributed by atoms with Crippen LogP contribution in [0.25, 0.3) is 11.1 Å². The first-order valence-electron chi connectivity index (χ1n) is 11.9. The number of hydrogen-bond acceptors (Lipinski definition) is 4. The van der Waals surface area contributed by atoms with Gasteiger partial charge in [0, 0.05) is 6.54 Å². The molecule has 0 aliphatic carbocycles. The molecule has 0 saturated heterocycles. The minimum absolute atomic E-state index is 0.0952. The summed E-state index contributed by atoms with van der Waals surface area (Å²) < 4.78 is 73.2. The molecule has 0 atom stereocenters. The molecule has 0 spiro atoms. The predicted octanol–water partition coefficient (Wildman–Crippen LogP) is 6.98. The fourth-order valence-corrected chi connectivity index (χ4v) is 6.36. The van der Waals surface area contributed by atoms with Crippen molar-refractivity contribution >= 4 is 16.0 Å². The molecule has 0 unspecified atom stereocenters. The highest BCUT2D eigenvalue weighted by atomic mass is 32.2. The molecule has 10 heteroatoms. The molecule has 204 valence electrons. The largest absolute Gasteiger partial charge is 0.478 e. The molecule has 1 aromatic heterocycles. The number of hydrogen-bond donors (Lipinski definition) is 1. The van der Waals surface area contributed by atoms with Crippen LogP contribution >= 0.6 is 0 Å². The van der Waals surface area contributed by atoms with Gasteiger partial charge >= 0.3 is 12.1 Å². The quantitative estimate of drug-likeness (QED) is 0.253. The van der Waals surface area contributed by atoms with Gasteiger partial charge in [0.1, 0.15) is 5.76 Å². The van der Waals surface area contributed by atoms with Crippen LogP contribution in [0, 0.1) is 20.8 Å². The number of aromatic carboxylic acids is 1. The number of furan rings is 1. The lowest BCUT2D eigenvalue weighted by Crippen LogP contribution is -2.31. The number of aryl methyl sites for hydroxylation is 3. The molecule has 0 bridgehead atoms. The van der Waals surface area contributed by atoms with Crippen molar-refractivity contribution < 1.29 is 35.9 Å². The van der Waals surface area contributed by atoms with Crippen molar-refractivity contribution in [3.63, 3.8) is 0 Å². The number of benzene rings is 3. The topological polar surface area (TPSA) is 87.8 Å². The van der Waals surface area contributed by atoms with Crippen molar-refractivity contribution in [1.29, 1.82) is 0 Å². The molecule has 0 amide bonds. The van der Waals surface area contributed by atoms with Gasteiger partial charge < -0.3 is 9.52 Å². The van der Waals surface area contributed by atoms with Gasteiger partial charge in [-0.05, 0) is 72.9 Å². The standard InChI is InChI=1S/C29H26F3NO5S/c1-18-13-19(2)27(20(3)14-18)39(36,37)33(17-25-11-12-26(38-25)29(30,31)32)16-21-7-9-22(10-8-21)23-5-4-6-24(15-23)28(34)35/h4-15H,16-17H2,1-3H3,(H,34,35). The highest BCUT2D eigenvalue weighted by molar-refractivity contribution is 7.89. The van der Waals surface area contributed by atoms with Crippen LogP contribution in [0.4, 0.5) is 13.2 Å². The van der Waals surface area contributed by atoms with E-state index in [2.05, 4.69) is 0 Å². The second kappa shape index (κ2) is 10.7. The fraction of sp³-hybridized carbons (Fsp3) is 0.207. The van der Waals surface area contributed by atoms with Gasteiger partial charge in [0.05, 0.1) is 17.0 Å². The third-order valence-corrected chi connectivity index (χ3v) is 8.33. The Morgan fingerprint density at radius 3 is 2.08 bits per heavy atom. The number of alkyl halides is 3. The van der Waals surface area contributed by atoms with Crippen molar-refractivity contribution in [2.75, 3.05) is 0 Å². The number of halogens is 3. The van der Waals surface area contributed by atoms with Gasteiger partial charge in [-0.15, -0.1) is 0 Å². The molecule has 1 N–H and O–H groups in total. The van der Waals surface area contributed by atoms with Crippen molar-refractivity contribution in [3.8, 4) is 11.1 Å². The SMILES string of the molecule is Cc1cc(C)c(S(=O)(=O)N(Cc2ccc(-c3cccc(C(=O)O)c3)cc2)Cc2ccc(C(F)(F)F)o2)c(C)c1. The molecule has 3 aromatic carbocycles. The molecule has 0 radical (unpaired) electrons. The van der Waals surface area contributed by atoms with Crippen LogP contribution in [0.2, 0.25) is 0 Å². The normalized spacial score (nSPS) is 12.2. The molecule has 1 heterocycles. The van der Waals surface area contributed by atoms with Crippen LogP contribution in [0.1, 0.15) is 44.1 Å². The maximum atomic E-state index is 13.9. The van der Waals surface area contributed by atoms with Gasteiger partial charge in [-0.1, -0.05) is 54.1 Å². The van der Waals surface area contributed by atoms with E-state index in [0.717, 1.165) is 27.6 Å². The average Bonchev–Trinajstić information content (AvgIpc) is 3.33. The summed E-state index contributed by atoms with van der Waals surface area (Å²) in [7, 11) is -4.15. The Balaban J connectivity index is 1.70. The lowest BCUT2D eigenvalue weighted by atomic mass is 10.0. The summed E-state index contributed by atoms with van der Waals surface area (Å²) in [6.07, 6.45) is -4.69. The summed E-state index contributed by atoms with van der Waals surface area (Å²) in [6, 6.07) is 18.7. The van der Waals surface area contributed by atoms with Gasteiger partial charge in [0.25, 0.3) is 0 Å². The van der Waals surface area contributed by atoms with Gasteiger partial charge in [0.15, 0.2) is 0 Å². The van der Waals surface area contributed by atoms with Crippen molar-refractivity contribution in [2.45, 2.75) is 44.9 Å². The number of carboxylic acids is 1. The lowest BCUT2D eigenvalue weighted by Gasteiger charge is -2.24. The molecule has 6 nitrogen and oxygen atoms in total. The van der Waals surface area contributed by atoms with Crippen molar-refractivity contribution in [1.82, 2.24) is 4.31 Å². The minimum Gasteiger partial charge on any atom is -0.478 e. The Morgan fingerprint density at radius 1 is 0.872 bits per heavy atom. The molecular formula is C29H26F3NO5S. The van der Waals surface area contributed by atoms with Crippen LogP contribution in [0.5, 0.6) is 0 Å². The number of rotatable bonds is 8.